The van der Waals surface area contributed by atoms with Crippen LogP contribution in [0, 0.1) is 16.0 Å². The van der Waals surface area contributed by atoms with Gasteiger partial charge in [0.15, 0.2) is 0 Å². The lowest BCUT2D eigenvalue weighted by Gasteiger charge is -2.36. The van der Waals surface area contributed by atoms with Gasteiger partial charge in [-0.1, -0.05) is 19.8 Å². The van der Waals surface area contributed by atoms with E-state index < -0.39 is 4.92 Å². The van der Waals surface area contributed by atoms with Crippen LogP contribution in [0.15, 0.2) is 6.20 Å². The first-order chi connectivity index (χ1) is 9.00. The molecule has 0 spiro atoms. The van der Waals surface area contributed by atoms with Crippen LogP contribution in [0.2, 0.25) is 0 Å². The Kier molecular flexibility index (Phi) is 3.82. The van der Waals surface area contributed by atoms with Crippen molar-refractivity contribution in [3.8, 4) is 0 Å². The first kappa shape index (κ1) is 13.5. The highest BCUT2D eigenvalue weighted by Crippen LogP contribution is 2.33. The molecule has 7 nitrogen and oxygen atoms in total. The lowest BCUT2D eigenvalue weighted by atomic mass is 9.85. The van der Waals surface area contributed by atoms with Crippen LogP contribution in [0.4, 0.5) is 17.5 Å². The van der Waals surface area contributed by atoms with Gasteiger partial charge in [-0.25, -0.2) is 4.98 Å². The molecule has 1 aliphatic rings. The van der Waals surface area contributed by atoms with Crippen molar-refractivity contribution in [1.82, 2.24) is 9.97 Å². The number of nitrogens with zero attached hydrogens (tertiary/aromatic N) is 4. The molecule has 0 saturated heterocycles. The minimum atomic E-state index is -0.460. The lowest BCUT2D eigenvalue weighted by molar-refractivity contribution is -0.384. The molecule has 104 valence electrons. The molecule has 1 fully saturated rings. The number of nitrogen functional groups attached to an aromatic ring is 1. The third-order valence-corrected chi connectivity index (χ3v) is 3.86. The van der Waals surface area contributed by atoms with E-state index in [1.54, 1.807) is 0 Å². The fourth-order valence-electron chi connectivity index (χ4n) is 2.80. The summed E-state index contributed by atoms with van der Waals surface area (Å²) in [4.78, 5) is 20.3. The van der Waals surface area contributed by atoms with Gasteiger partial charge in [0.2, 0.25) is 11.8 Å². The Labute approximate surface area is 112 Å². The van der Waals surface area contributed by atoms with E-state index in [1.807, 2.05) is 11.9 Å². The van der Waals surface area contributed by atoms with Crippen molar-refractivity contribution in [2.24, 2.45) is 5.92 Å². The molecule has 0 aromatic carbocycles. The van der Waals surface area contributed by atoms with Gasteiger partial charge in [0.05, 0.1) is 4.92 Å². The van der Waals surface area contributed by atoms with Gasteiger partial charge >= 0.3 is 5.69 Å². The molecule has 0 bridgehead atoms. The van der Waals surface area contributed by atoms with Gasteiger partial charge in [0.1, 0.15) is 6.20 Å². The molecule has 2 unspecified atom stereocenters. The zero-order valence-electron chi connectivity index (χ0n) is 11.2. The number of anilines is 2. The average Bonchev–Trinajstić information content (AvgIpc) is 2.38. The van der Waals surface area contributed by atoms with E-state index in [-0.39, 0.29) is 17.7 Å². The summed E-state index contributed by atoms with van der Waals surface area (Å²) < 4.78 is 0. The molecule has 19 heavy (non-hydrogen) atoms. The number of hydrogen-bond donors (Lipinski definition) is 1. The smallest absolute Gasteiger partial charge is 0.329 e. The van der Waals surface area contributed by atoms with Gasteiger partial charge in [-0.05, 0) is 18.8 Å². The molecule has 1 saturated carbocycles. The molecule has 2 rings (SSSR count). The normalized spacial score (nSPS) is 23.1. The van der Waals surface area contributed by atoms with Gasteiger partial charge in [-0.15, -0.1) is 0 Å². The summed E-state index contributed by atoms with van der Waals surface area (Å²) in [5.74, 6) is 0.877. The largest absolute Gasteiger partial charge is 0.368 e. The maximum absolute atomic E-state index is 11.1. The summed E-state index contributed by atoms with van der Waals surface area (Å²) in [6, 6.07) is 0.266. The van der Waals surface area contributed by atoms with Crippen LogP contribution in [0.3, 0.4) is 0 Å². The quantitative estimate of drug-likeness (QED) is 0.662. The topological polar surface area (TPSA) is 98.2 Å². The molecule has 2 N–H and O–H groups in total. The standard InChI is InChI=1S/C12H19N5O2/c1-8-5-3-4-6-9(8)16(2)11-10(17(18)19)7-14-12(13)15-11/h7-9H,3-6H2,1-2H3,(H2,13,14,15). The van der Waals surface area contributed by atoms with E-state index in [2.05, 4.69) is 16.9 Å². The molecule has 2 atom stereocenters. The molecule has 7 heteroatoms. The van der Waals surface area contributed by atoms with Crippen LogP contribution >= 0.6 is 0 Å². The average molecular weight is 265 g/mol. The Hall–Kier alpha value is -1.92. The summed E-state index contributed by atoms with van der Waals surface area (Å²) >= 11 is 0. The third kappa shape index (κ3) is 2.74. The second-order valence-corrected chi connectivity index (χ2v) is 5.13. The van der Waals surface area contributed by atoms with Crippen LogP contribution in [0.5, 0.6) is 0 Å². The predicted molar refractivity (Wildman–Crippen MR) is 72.9 cm³/mol. The van der Waals surface area contributed by atoms with Crippen molar-refractivity contribution < 1.29 is 4.92 Å². The SMILES string of the molecule is CC1CCCCC1N(C)c1nc(N)ncc1[N+](=O)[O-]. The Morgan fingerprint density at radius 3 is 2.79 bits per heavy atom. The van der Waals surface area contributed by atoms with E-state index >= 15 is 0 Å². The second-order valence-electron chi connectivity index (χ2n) is 5.13. The minimum Gasteiger partial charge on any atom is -0.368 e. The monoisotopic (exact) mass is 265 g/mol. The van der Waals surface area contributed by atoms with Crippen molar-refractivity contribution in [3.05, 3.63) is 16.3 Å². The molecule has 0 amide bonds. The highest BCUT2D eigenvalue weighted by atomic mass is 16.6. The summed E-state index contributed by atoms with van der Waals surface area (Å²) in [5, 5.41) is 11.1. The minimum absolute atomic E-state index is 0.0657. The number of nitrogens with two attached hydrogens (primary N) is 1. The van der Waals surface area contributed by atoms with E-state index in [1.165, 1.54) is 12.6 Å². The van der Waals surface area contributed by atoms with Crippen LogP contribution in [0.1, 0.15) is 32.6 Å². The van der Waals surface area contributed by atoms with Crippen molar-refractivity contribution in [2.75, 3.05) is 17.7 Å². The summed E-state index contributed by atoms with van der Waals surface area (Å²) in [6.07, 6.45) is 5.72. The molecule has 1 aromatic heterocycles. The number of nitro groups is 1. The van der Waals surface area contributed by atoms with Gasteiger partial charge in [0, 0.05) is 13.1 Å². The Morgan fingerprint density at radius 2 is 2.16 bits per heavy atom. The van der Waals surface area contributed by atoms with Gasteiger partial charge in [0.25, 0.3) is 0 Å². The molecule has 1 aromatic rings. The lowest BCUT2D eigenvalue weighted by Crippen LogP contribution is -2.39. The predicted octanol–water partition coefficient (Wildman–Crippen LogP) is 1.98. The third-order valence-electron chi connectivity index (χ3n) is 3.86. The molecular formula is C12H19N5O2. The fraction of sp³-hybridized carbons (Fsp3) is 0.667. The number of rotatable bonds is 3. The number of aromatic nitrogens is 2. The van der Waals surface area contributed by atoms with E-state index in [4.69, 9.17) is 5.73 Å². The maximum atomic E-state index is 11.1. The zero-order valence-corrected chi connectivity index (χ0v) is 11.2. The van der Waals surface area contributed by atoms with Crippen LogP contribution in [-0.2, 0) is 0 Å². The second kappa shape index (κ2) is 5.38. The molecule has 1 heterocycles. The molecule has 1 aliphatic carbocycles. The highest BCUT2D eigenvalue weighted by Gasteiger charge is 2.30. The Morgan fingerprint density at radius 1 is 1.47 bits per heavy atom. The summed E-state index contributed by atoms with van der Waals surface area (Å²) in [5.41, 5.74) is 5.47. The van der Waals surface area contributed by atoms with Crippen LogP contribution in [0.25, 0.3) is 0 Å². The van der Waals surface area contributed by atoms with Gasteiger partial charge < -0.3 is 10.6 Å². The highest BCUT2D eigenvalue weighted by molar-refractivity contribution is 5.58. The van der Waals surface area contributed by atoms with E-state index in [0.717, 1.165) is 19.3 Å². The Balaban J connectivity index is 2.34. The molecular weight excluding hydrogens is 246 g/mol. The maximum Gasteiger partial charge on any atom is 0.329 e. The fourth-order valence-corrected chi connectivity index (χ4v) is 2.80. The van der Waals surface area contributed by atoms with Crippen molar-refractivity contribution in [3.63, 3.8) is 0 Å². The van der Waals surface area contributed by atoms with Gasteiger partial charge in [-0.2, -0.15) is 4.98 Å². The van der Waals surface area contributed by atoms with Crippen molar-refractivity contribution in [2.45, 2.75) is 38.6 Å². The van der Waals surface area contributed by atoms with Crippen LogP contribution in [-0.4, -0.2) is 28.0 Å². The van der Waals surface area contributed by atoms with E-state index in [0.29, 0.717) is 11.7 Å². The summed E-state index contributed by atoms with van der Waals surface area (Å²) in [7, 11) is 1.85. The zero-order chi connectivity index (χ0) is 14.0. The van der Waals surface area contributed by atoms with Crippen molar-refractivity contribution in [1.29, 1.82) is 0 Å². The Bertz CT molecular complexity index is 479. The van der Waals surface area contributed by atoms with Gasteiger partial charge in [-0.3, -0.25) is 10.1 Å². The first-order valence-corrected chi connectivity index (χ1v) is 6.50. The van der Waals surface area contributed by atoms with Crippen molar-refractivity contribution >= 4 is 17.5 Å². The first-order valence-electron chi connectivity index (χ1n) is 6.50. The van der Waals surface area contributed by atoms with E-state index in [9.17, 15) is 10.1 Å². The molecule has 0 aliphatic heterocycles. The number of hydrogen-bond acceptors (Lipinski definition) is 6. The summed E-state index contributed by atoms with van der Waals surface area (Å²) in [6.45, 7) is 2.18. The molecule has 0 radical (unpaired) electrons. The van der Waals surface area contributed by atoms with Crippen LogP contribution < -0.4 is 10.6 Å².